The second-order valence-electron chi connectivity index (χ2n) is 7.16. The molecule has 0 aliphatic carbocycles. The Labute approximate surface area is 187 Å². The quantitative estimate of drug-likeness (QED) is 0.412. The third-order valence-electron chi connectivity index (χ3n) is 4.95. The second kappa shape index (κ2) is 8.38. The Hall–Kier alpha value is -4.80. The van der Waals surface area contributed by atoms with Crippen LogP contribution in [0.4, 0.5) is 5.82 Å². The molecule has 0 radical (unpaired) electrons. The van der Waals surface area contributed by atoms with E-state index in [1.165, 1.54) is 23.5 Å². The van der Waals surface area contributed by atoms with E-state index in [1.54, 1.807) is 23.7 Å². The van der Waals surface area contributed by atoms with Crippen LogP contribution in [0, 0.1) is 0 Å². The number of amides is 2. The van der Waals surface area contributed by atoms with Crippen LogP contribution in [0.3, 0.4) is 0 Å². The summed E-state index contributed by atoms with van der Waals surface area (Å²) in [6, 6.07) is 11.4. The van der Waals surface area contributed by atoms with Crippen molar-refractivity contribution in [2.45, 2.75) is 6.54 Å². The van der Waals surface area contributed by atoms with Gasteiger partial charge < -0.3 is 15.1 Å². The number of fused-ring (bicyclic) bond motifs is 1. The number of aromatic nitrogens is 6. The van der Waals surface area contributed by atoms with Crippen LogP contribution in [0.1, 0.15) is 26.5 Å². The predicted molar refractivity (Wildman–Crippen MR) is 117 cm³/mol. The molecule has 0 saturated carbocycles. The summed E-state index contributed by atoms with van der Waals surface area (Å²) in [4.78, 5) is 38.5. The standard InChI is InChI=1S/C22H18N8O3/c1-29-19(16(10-25-29)20(31)23-9-15-12-33-13-24-15)21(32)27-18-7-8-30-11-17(26-22(30)28-18)14-5-3-2-4-6-14/h2-8,10-13H,9H2,1H3,(H,23,31)(H,26,27,28,32). The van der Waals surface area contributed by atoms with Crippen LogP contribution in [-0.2, 0) is 13.6 Å². The average molecular weight is 442 g/mol. The van der Waals surface area contributed by atoms with Crippen molar-refractivity contribution >= 4 is 23.4 Å². The highest BCUT2D eigenvalue weighted by Gasteiger charge is 2.23. The molecule has 0 atom stereocenters. The van der Waals surface area contributed by atoms with E-state index < -0.39 is 11.8 Å². The van der Waals surface area contributed by atoms with Gasteiger partial charge in [0, 0.05) is 25.0 Å². The Kier molecular flexibility index (Phi) is 5.11. The molecule has 0 spiro atoms. The monoisotopic (exact) mass is 442 g/mol. The van der Waals surface area contributed by atoms with Gasteiger partial charge in [-0.2, -0.15) is 10.1 Å². The van der Waals surface area contributed by atoms with Crippen LogP contribution in [0.5, 0.6) is 0 Å². The van der Waals surface area contributed by atoms with Gasteiger partial charge in [0.1, 0.15) is 17.8 Å². The van der Waals surface area contributed by atoms with E-state index in [0.29, 0.717) is 17.3 Å². The van der Waals surface area contributed by atoms with Crippen molar-refractivity contribution in [3.8, 4) is 11.3 Å². The van der Waals surface area contributed by atoms with Gasteiger partial charge in [0.15, 0.2) is 6.39 Å². The lowest BCUT2D eigenvalue weighted by Gasteiger charge is -2.08. The van der Waals surface area contributed by atoms with E-state index in [4.69, 9.17) is 4.42 Å². The zero-order valence-corrected chi connectivity index (χ0v) is 17.5. The molecule has 2 N–H and O–H groups in total. The van der Waals surface area contributed by atoms with Crippen molar-refractivity contribution in [1.82, 2.24) is 34.4 Å². The number of hydrogen-bond donors (Lipinski definition) is 2. The molecule has 1 aromatic carbocycles. The molecule has 164 valence electrons. The largest absolute Gasteiger partial charge is 0.451 e. The maximum absolute atomic E-state index is 13.0. The minimum Gasteiger partial charge on any atom is -0.451 e. The van der Waals surface area contributed by atoms with Crippen LogP contribution >= 0.6 is 0 Å². The lowest BCUT2D eigenvalue weighted by Crippen LogP contribution is -2.27. The number of anilines is 1. The van der Waals surface area contributed by atoms with Gasteiger partial charge in [-0.3, -0.25) is 18.7 Å². The Bertz CT molecular complexity index is 1440. The average Bonchev–Trinajstić information content (AvgIpc) is 3.57. The fourth-order valence-corrected chi connectivity index (χ4v) is 3.33. The van der Waals surface area contributed by atoms with E-state index in [9.17, 15) is 9.59 Å². The van der Waals surface area contributed by atoms with Gasteiger partial charge in [-0.1, -0.05) is 30.3 Å². The summed E-state index contributed by atoms with van der Waals surface area (Å²) in [7, 11) is 1.58. The molecule has 2 amide bonds. The number of benzene rings is 1. The summed E-state index contributed by atoms with van der Waals surface area (Å²) in [6.45, 7) is 0.160. The third-order valence-corrected chi connectivity index (χ3v) is 4.95. The highest BCUT2D eigenvalue weighted by atomic mass is 16.3. The van der Waals surface area contributed by atoms with Gasteiger partial charge in [0.2, 0.25) is 5.78 Å². The van der Waals surface area contributed by atoms with E-state index in [2.05, 4.69) is 30.7 Å². The first-order valence-electron chi connectivity index (χ1n) is 9.98. The predicted octanol–water partition coefficient (Wildman–Crippen LogP) is 2.30. The number of hydrogen-bond acceptors (Lipinski definition) is 7. The Morgan fingerprint density at radius 3 is 2.73 bits per heavy atom. The summed E-state index contributed by atoms with van der Waals surface area (Å²) in [5.74, 6) is -0.246. The number of carbonyl (C=O) groups excluding carboxylic acids is 2. The molecular formula is C22H18N8O3. The smallest absolute Gasteiger partial charge is 0.275 e. The van der Waals surface area contributed by atoms with Crippen LogP contribution < -0.4 is 10.6 Å². The molecular weight excluding hydrogens is 424 g/mol. The van der Waals surface area contributed by atoms with Crippen LogP contribution in [-0.4, -0.2) is 40.9 Å². The number of imidazole rings is 1. The molecule has 4 aromatic heterocycles. The van der Waals surface area contributed by atoms with E-state index in [0.717, 1.165) is 11.3 Å². The summed E-state index contributed by atoms with van der Waals surface area (Å²) in [6.07, 6.45) is 7.66. The third kappa shape index (κ3) is 4.06. The number of carbonyl (C=O) groups is 2. The van der Waals surface area contributed by atoms with Crippen LogP contribution in [0.25, 0.3) is 17.0 Å². The molecule has 0 saturated heterocycles. The van der Waals surface area contributed by atoms with Crippen molar-refractivity contribution in [3.63, 3.8) is 0 Å². The summed E-state index contributed by atoms with van der Waals surface area (Å²) >= 11 is 0. The number of nitrogens with zero attached hydrogens (tertiary/aromatic N) is 6. The lowest BCUT2D eigenvalue weighted by molar-refractivity contribution is 0.0935. The second-order valence-corrected chi connectivity index (χ2v) is 7.16. The van der Waals surface area contributed by atoms with Crippen molar-refractivity contribution in [3.05, 3.63) is 84.6 Å². The Morgan fingerprint density at radius 1 is 1.09 bits per heavy atom. The van der Waals surface area contributed by atoms with Gasteiger partial charge in [-0.05, 0) is 6.07 Å². The molecule has 4 heterocycles. The number of nitrogens with one attached hydrogen (secondary N) is 2. The molecule has 0 aliphatic heterocycles. The fourth-order valence-electron chi connectivity index (χ4n) is 3.33. The maximum atomic E-state index is 13.0. The fraction of sp³-hybridized carbons (Fsp3) is 0.0909. The summed E-state index contributed by atoms with van der Waals surface area (Å²) in [5, 5.41) is 9.47. The SMILES string of the molecule is Cn1ncc(C(=O)NCc2cocn2)c1C(=O)Nc1ccn2cc(-c3ccccc3)nc2n1. The molecule has 0 bridgehead atoms. The van der Waals surface area contributed by atoms with Crippen LogP contribution in [0.2, 0.25) is 0 Å². The normalized spacial score (nSPS) is 10.9. The summed E-state index contributed by atoms with van der Waals surface area (Å²) in [5.41, 5.74) is 2.52. The molecule has 5 aromatic rings. The molecule has 11 heteroatoms. The summed E-state index contributed by atoms with van der Waals surface area (Å²) < 4.78 is 7.99. The molecule has 5 rings (SSSR count). The first-order chi connectivity index (χ1) is 16.1. The van der Waals surface area contributed by atoms with Gasteiger partial charge in [-0.25, -0.2) is 9.97 Å². The lowest BCUT2D eigenvalue weighted by atomic mass is 10.2. The van der Waals surface area contributed by atoms with Crippen LogP contribution in [0.15, 0.2) is 72.1 Å². The first-order valence-corrected chi connectivity index (χ1v) is 9.98. The van der Waals surface area contributed by atoms with E-state index in [-0.39, 0.29) is 17.8 Å². The number of rotatable bonds is 6. The molecule has 11 nitrogen and oxygen atoms in total. The topological polar surface area (TPSA) is 132 Å². The highest BCUT2D eigenvalue weighted by molar-refractivity contribution is 6.10. The van der Waals surface area contributed by atoms with Crippen molar-refractivity contribution in [2.75, 3.05) is 5.32 Å². The van der Waals surface area contributed by atoms with E-state index >= 15 is 0 Å². The number of aryl methyl sites for hydroxylation is 1. The Morgan fingerprint density at radius 2 is 1.94 bits per heavy atom. The van der Waals surface area contributed by atoms with Gasteiger partial charge in [0.25, 0.3) is 11.8 Å². The van der Waals surface area contributed by atoms with Crippen molar-refractivity contribution in [1.29, 1.82) is 0 Å². The zero-order chi connectivity index (χ0) is 22.8. The number of oxazole rings is 1. The van der Waals surface area contributed by atoms with Gasteiger partial charge in [0.05, 0.1) is 29.7 Å². The van der Waals surface area contributed by atoms with Gasteiger partial charge >= 0.3 is 0 Å². The first kappa shape index (κ1) is 20.1. The molecule has 33 heavy (non-hydrogen) atoms. The van der Waals surface area contributed by atoms with E-state index in [1.807, 2.05) is 36.5 Å². The minimum absolute atomic E-state index is 0.0997. The minimum atomic E-state index is -0.520. The Balaban J connectivity index is 1.35. The van der Waals surface area contributed by atoms with Gasteiger partial charge in [-0.15, -0.1) is 0 Å². The molecule has 0 aliphatic rings. The highest BCUT2D eigenvalue weighted by Crippen LogP contribution is 2.19. The molecule has 0 unspecified atom stereocenters. The van der Waals surface area contributed by atoms with Crippen molar-refractivity contribution < 1.29 is 14.0 Å². The van der Waals surface area contributed by atoms with Crippen molar-refractivity contribution in [2.24, 2.45) is 7.05 Å². The maximum Gasteiger partial charge on any atom is 0.275 e. The zero-order valence-electron chi connectivity index (χ0n) is 17.5. The molecule has 0 fully saturated rings.